The van der Waals surface area contributed by atoms with Crippen molar-refractivity contribution in [3.05, 3.63) is 0 Å². The van der Waals surface area contributed by atoms with E-state index >= 15 is 0 Å². The summed E-state index contributed by atoms with van der Waals surface area (Å²) in [5.41, 5.74) is 0. The number of hydrogen-bond acceptors (Lipinski definition) is 4. The second-order valence-electron chi connectivity index (χ2n) is 3.30. The molecule has 0 amide bonds. The maximum Gasteiger partial charge on any atom is 0.148 e. The largest absolute Gasteiger partial charge is 0.317 e. The third kappa shape index (κ3) is 12.3. The first-order chi connectivity index (χ1) is 6.56. The smallest absolute Gasteiger partial charge is 0.148 e. The predicted molar refractivity (Wildman–Crippen MR) is 64.8 cm³/mol. The van der Waals surface area contributed by atoms with Crippen LogP contribution in [-0.4, -0.2) is 45.0 Å². The highest BCUT2D eigenvalue weighted by atomic mass is 32.2. The average Bonchev–Trinajstić information content (AvgIpc) is 2.08. The van der Waals surface area contributed by atoms with Gasteiger partial charge < -0.3 is 5.32 Å². The minimum Gasteiger partial charge on any atom is -0.317 e. The molecular formula is C9H21NO2S2. The van der Waals surface area contributed by atoms with Crippen molar-refractivity contribution >= 4 is 21.6 Å². The molecule has 3 nitrogen and oxygen atoms in total. The van der Waals surface area contributed by atoms with Gasteiger partial charge in [0.15, 0.2) is 0 Å². The van der Waals surface area contributed by atoms with Crippen molar-refractivity contribution < 1.29 is 8.42 Å². The van der Waals surface area contributed by atoms with Crippen LogP contribution in [0.15, 0.2) is 0 Å². The van der Waals surface area contributed by atoms with Gasteiger partial charge in [-0.2, -0.15) is 11.8 Å². The zero-order chi connectivity index (χ0) is 10.9. The predicted octanol–water partition coefficient (Wildman–Crippen LogP) is 1.15. The van der Waals surface area contributed by atoms with Crippen LogP contribution in [0.1, 0.15) is 19.8 Å². The number of sulfone groups is 1. The van der Waals surface area contributed by atoms with Gasteiger partial charge in [0.25, 0.3) is 0 Å². The quantitative estimate of drug-likeness (QED) is 0.613. The molecule has 1 N–H and O–H groups in total. The van der Waals surface area contributed by atoms with E-state index in [9.17, 15) is 8.42 Å². The van der Waals surface area contributed by atoms with Crippen molar-refractivity contribution in [3.8, 4) is 0 Å². The van der Waals surface area contributed by atoms with Gasteiger partial charge in [-0.1, -0.05) is 6.92 Å². The standard InChI is InChI=1S/C9H21NO2S2/c1-3-10-6-4-5-7-13-8-9-14(2,11)12/h10H,3-9H2,1-2H3. The summed E-state index contributed by atoms with van der Waals surface area (Å²) < 4.78 is 21.6. The Labute approximate surface area is 92.0 Å². The molecule has 0 aromatic heterocycles. The number of unbranched alkanes of at least 4 members (excludes halogenated alkanes) is 1. The third-order valence-electron chi connectivity index (χ3n) is 1.74. The van der Waals surface area contributed by atoms with Gasteiger partial charge in [-0.05, 0) is 31.7 Å². The van der Waals surface area contributed by atoms with Gasteiger partial charge in [-0.3, -0.25) is 0 Å². The van der Waals surface area contributed by atoms with Crippen molar-refractivity contribution in [1.82, 2.24) is 5.32 Å². The van der Waals surface area contributed by atoms with Crippen LogP contribution in [0.3, 0.4) is 0 Å². The Balaban J connectivity index is 3.07. The Morgan fingerprint density at radius 1 is 1.21 bits per heavy atom. The van der Waals surface area contributed by atoms with Crippen LogP contribution in [0.2, 0.25) is 0 Å². The van der Waals surface area contributed by atoms with E-state index in [1.54, 1.807) is 11.8 Å². The zero-order valence-electron chi connectivity index (χ0n) is 9.08. The van der Waals surface area contributed by atoms with E-state index in [4.69, 9.17) is 0 Å². The molecule has 0 fully saturated rings. The first-order valence-electron chi connectivity index (χ1n) is 5.02. The van der Waals surface area contributed by atoms with Gasteiger partial charge in [-0.25, -0.2) is 8.42 Å². The highest BCUT2D eigenvalue weighted by Gasteiger charge is 2.00. The van der Waals surface area contributed by atoms with Crippen LogP contribution in [0.4, 0.5) is 0 Å². The lowest BCUT2D eigenvalue weighted by Gasteiger charge is -2.01. The first-order valence-corrected chi connectivity index (χ1v) is 8.24. The second kappa shape index (κ2) is 8.56. The summed E-state index contributed by atoms with van der Waals surface area (Å²) in [4.78, 5) is 0. The van der Waals surface area contributed by atoms with Crippen LogP contribution in [-0.2, 0) is 9.84 Å². The molecule has 0 aromatic rings. The van der Waals surface area contributed by atoms with Gasteiger partial charge in [-0.15, -0.1) is 0 Å². The molecule has 0 rings (SSSR count). The lowest BCUT2D eigenvalue weighted by Crippen LogP contribution is -2.14. The van der Waals surface area contributed by atoms with E-state index < -0.39 is 9.84 Å². The van der Waals surface area contributed by atoms with Crippen LogP contribution in [0.25, 0.3) is 0 Å². The summed E-state index contributed by atoms with van der Waals surface area (Å²) in [5, 5.41) is 3.26. The van der Waals surface area contributed by atoms with Gasteiger partial charge in [0.2, 0.25) is 0 Å². The Morgan fingerprint density at radius 3 is 2.50 bits per heavy atom. The summed E-state index contributed by atoms with van der Waals surface area (Å²) in [7, 11) is -2.76. The number of hydrogen-bond donors (Lipinski definition) is 1. The topological polar surface area (TPSA) is 46.2 Å². The molecule has 0 aliphatic rings. The SMILES string of the molecule is CCNCCCCSCCS(C)(=O)=O. The fraction of sp³-hybridized carbons (Fsp3) is 1.00. The average molecular weight is 239 g/mol. The molecule has 0 spiro atoms. The van der Waals surface area contributed by atoms with E-state index in [0.717, 1.165) is 24.6 Å². The van der Waals surface area contributed by atoms with Crippen LogP contribution in [0, 0.1) is 0 Å². The van der Waals surface area contributed by atoms with Crippen LogP contribution in [0.5, 0.6) is 0 Å². The van der Waals surface area contributed by atoms with Gasteiger partial charge in [0.1, 0.15) is 9.84 Å². The normalized spacial score (nSPS) is 11.9. The fourth-order valence-corrected chi connectivity index (χ4v) is 3.24. The molecular weight excluding hydrogens is 218 g/mol. The molecule has 14 heavy (non-hydrogen) atoms. The fourth-order valence-electron chi connectivity index (χ4n) is 0.943. The van der Waals surface area contributed by atoms with Gasteiger partial charge >= 0.3 is 0 Å². The van der Waals surface area contributed by atoms with Crippen molar-refractivity contribution in [2.75, 3.05) is 36.6 Å². The molecule has 0 atom stereocenters. The molecule has 5 heteroatoms. The molecule has 0 radical (unpaired) electrons. The van der Waals surface area contributed by atoms with Crippen molar-refractivity contribution in [2.24, 2.45) is 0 Å². The second-order valence-corrected chi connectivity index (χ2v) is 6.79. The minimum atomic E-state index is -2.76. The van der Waals surface area contributed by atoms with Crippen molar-refractivity contribution in [1.29, 1.82) is 0 Å². The summed E-state index contributed by atoms with van der Waals surface area (Å²) in [6.45, 7) is 4.20. The van der Waals surface area contributed by atoms with E-state index in [1.807, 2.05) is 0 Å². The Kier molecular flexibility index (Phi) is 8.72. The van der Waals surface area contributed by atoms with E-state index in [2.05, 4.69) is 12.2 Å². The number of nitrogens with one attached hydrogen (secondary N) is 1. The lowest BCUT2D eigenvalue weighted by molar-refractivity contribution is 0.603. The van der Waals surface area contributed by atoms with Crippen molar-refractivity contribution in [3.63, 3.8) is 0 Å². The number of rotatable bonds is 9. The molecule has 0 aliphatic carbocycles. The molecule has 86 valence electrons. The summed E-state index contributed by atoms with van der Waals surface area (Å²) in [6.07, 6.45) is 3.64. The Morgan fingerprint density at radius 2 is 1.93 bits per heavy atom. The summed E-state index contributed by atoms with van der Waals surface area (Å²) in [5.74, 6) is 2.12. The molecule has 0 saturated heterocycles. The van der Waals surface area contributed by atoms with E-state index in [-0.39, 0.29) is 0 Å². The molecule has 0 aromatic carbocycles. The number of thioether (sulfide) groups is 1. The molecule has 0 bridgehead atoms. The van der Waals surface area contributed by atoms with Crippen LogP contribution < -0.4 is 5.32 Å². The van der Waals surface area contributed by atoms with Crippen molar-refractivity contribution in [2.45, 2.75) is 19.8 Å². The molecule has 0 heterocycles. The Hall–Kier alpha value is 0.260. The highest BCUT2D eigenvalue weighted by Crippen LogP contribution is 2.04. The first kappa shape index (κ1) is 14.3. The zero-order valence-corrected chi connectivity index (χ0v) is 10.7. The van der Waals surface area contributed by atoms with Gasteiger partial charge in [0, 0.05) is 12.0 Å². The van der Waals surface area contributed by atoms with Gasteiger partial charge in [0.05, 0.1) is 5.75 Å². The van der Waals surface area contributed by atoms with Crippen LogP contribution >= 0.6 is 11.8 Å². The summed E-state index contributed by atoms with van der Waals surface area (Å²) in [6, 6.07) is 0. The Bertz CT molecular complexity index is 215. The maximum atomic E-state index is 10.8. The monoisotopic (exact) mass is 239 g/mol. The van der Waals surface area contributed by atoms with E-state index in [0.29, 0.717) is 5.75 Å². The summed E-state index contributed by atoms with van der Waals surface area (Å²) >= 11 is 1.73. The highest BCUT2D eigenvalue weighted by molar-refractivity contribution is 8.00. The third-order valence-corrected chi connectivity index (χ3v) is 4.01. The lowest BCUT2D eigenvalue weighted by atomic mass is 10.3. The molecule has 0 saturated carbocycles. The molecule has 0 unspecified atom stereocenters. The molecule has 0 aliphatic heterocycles. The van der Waals surface area contributed by atoms with E-state index in [1.165, 1.54) is 19.1 Å². The maximum absolute atomic E-state index is 10.8. The minimum absolute atomic E-state index is 0.310.